The molecule has 0 aliphatic carbocycles. The van der Waals surface area contributed by atoms with Gasteiger partial charge in [-0.2, -0.15) is 0 Å². The molecule has 1 fully saturated rings. The number of hydrogen-bond acceptors (Lipinski definition) is 3. The third-order valence-corrected chi connectivity index (χ3v) is 1.45. The molecule has 0 spiro atoms. The van der Waals surface area contributed by atoms with Gasteiger partial charge in [0.25, 0.3) is 0 Å². The van der Waals surface area contributed by atoms with Gasteiger partial charge >= 0.3 is 0 Å². The highest BCUT2D eigenvalue weighted by Crippen LogP contribution is 2.06. The normalized spacial score (nSPS) is 19.7. The lowest BCUT2D eigenvalue weighted by Gasteiger charge is -2.08. The van der Waals surface area contributed by atoms with Crippen molar-refractivity contribution in [2.75, 3.05) is 13.1 Å². The molecular weight excluding hydrogens is 134 g/mol. The van der Waals surface area contributed by atoms with E-state index in [1.165, 1.54) is 0 Å². The van der Waals surface area contributed by atoms with E-state index in [2.05, 4.69) is 17.2 Å². The Kier molecular flexibility index (Phi) is 2.30. The molecule has 5 nitrogen and oxygen atoms in total. The smallest absolute Gasteiger partial charge is 0.233 e. The van der Waals surface area contributed by atoms with Gasteiger partial charge in [0.2, 0.25) is 5.28 Å². The van der Waals surface area contributed by atoms with Crippen molar-refractivity contribution in [3.8, 4) is 0 Å². The zero-order valence-corrected chi connectivity index (χ0v) is 5.69. The molecule has 0 aromatic carbocycles. The van der Waals surface area contributed by atoms with E-state index < -0.39 is 0 Å². The van der Waals surface area contributed by atoms with Gasteiger partial charge in [-0.1, -0.05) is 0 Å². The predicted octanol–water partition coefficient (Wildman–Crippen LogP) is 0.683. The molecule has 1 aliphatic rings. The van der Waals surface area contributed by atoms with E-state index >= 15 is 0 Å². The molecule has 0 amide bonds. The Balaban J connectivity index is 2.39. The summed E-state index contributed by atoms with van der Waals surface area (Å²) in [6.07, 6.45) is 2.09. The fourth-order valence-electron chi connectivity index (χ4n) is 0.973. The largest absolute Gasteiger partial charge is 0.569 e. The summed E-state index contributed by atoms with van der Waals surface area (Å²) in [5.41, 5.74) is 0. The van der Waals surface area contributed by atoms with Crippen molar-refractivity contribution < 1.29 is 9.81 Å². The van der Waals surface area contributed by atoms with Crippen LogP contribution in [0.2, 0.25) is 0 Å². The van der Waals surface area contributed by atoms with E-state index in [-0.39, 0.29) is 0 Å². The van der Waals surface area contributed by atoms with Crippen LogP contribution in [0.5, 0.6) is 0 Å². The van der Waals surface area contributed by atoms with Gasteiger partial charge in [-0.25, -0.2) is 0 Å². The predicted molar refractivity (Wildman–Crippen MR) is 33.3 cm³/mol. The number of hydrazine groups is 1. The molecule has 0 aromatic rings. The Morgan fingerprint density at radius 2 is 2.10 bits per heavy atom. The SMILES string of the molecule is [CH2]O/N=[N+](\[O-])N1CCCC1. The average Bonchev–Trinajstić information content (AvgIpc) is 2.38. The minimum Gasteiger partial charge on any atom is -0.569 e. The number of hydrogen-bond donors (Lipinski definition) is 0. The van der Waals surface area contributed by atoms with Gasteiger partial charge in [-0.05, 0) is 12.8 Å². The van der Waals surface area contributed by atoms with Gasteiger partial charge < -0.3 is 10.0 Å². The quantitative estimate of drug-likeness (QED) is 0.325. The minimum atomic E-state index is 0.444. The fourth-order valence-corrected chi connectivity index (χ4v) is 0.973. The third kappa shape index (κ3) is 1.49. The molecule has 57 valence electrons. The zero-order chi connectivity index (χ0) is 7.40. The number of rotatable bonds is 2. The van der Waals surface area contributed by atoms with Crippen molar-refractivity contribution in [2.24, 2.45) is 5.28 Å². The van der Waals surface area contributed by atoms with Gasteiger partial charge in [0.1, 0.15) is 0 Å². The van der Waals surface area contributed by atoms with Crippen LogP contribution < -0.4 is 0 Å². The Bertz CT molecular complexity index is 131. The Labute approximate surface area is 59.4 Å². The summed E-state index contributed by atoms with van der Waals surface area (Å²) >= 11 is 0. The summed E-state index contributed by atoms with van der Waals surface area (Å²) in [5, 5.41) is 15.4. The molecule has 0 aromatic heterocycles. The maximum atomic E-state index is 10.8. The average molecular weight is 144 g/mol. The molecule has 10 heavy (non-hydrogen) atoms. The highest BCUT2D eigenvalue weighted by atomic mass is 16.7. The molecule has 0 bridgehead atoms. The first-order chi connectivity index (χ1) is 4.84. The molecule has 0 unspecified atom stereocenters. The second kappa shape index (κ2) is 3.24. The van der Waals surface area contributed by atoms with E-state index in [0.29, 0.717) is 4.97 Å². The van der Waals surface area contributed by atoms with Crippen LogP contribution >= 0.6 is 0 Å². The lowest BCUT2D eigenvalue weighted by molar-refractivity contribution is -0.705. The Hall–Kier alpha value is -1.00. The third-order valence-electron chi connectivity index (χ3n) is 1.45. The second-order valence-corrected chi connectivity index (χ2v) is 2.12. The van der Waals surface area contributed by atoms with Crippen LogP contribution in [-0.2, 0) is 4.84 Å². The van der Waals surface area contributed by atoms with Crippen molar-refractivity contribution in [1.82, 2.24) is 5.01 Å². The molecule has 0 N–H and O–H groups in total. The fraction of sp³-hybridized carbons (Fsp3) is 0.800. The molecule has 1 radical (unpaired) electrons. The molecule has 1 heterocycles. The van der Waals surface area contributed by atoms with Crippen LogP contribution in [-0.4, -0.2) is 23.1 Å². The molecular formula is C5H10N3O2. The van der Waals surface area contributed by atoms with Gasteiger partial charge in [-0.15, -0.1) is 5.01 Å². The van der Waals surface area contributed by atoms with Crippen molar-refractivity contribution in [3.63, 3.8) is 0 Å². The highest BCUT2D eigenvalue weighted by molar-refractivity contribution is 4.55. The Morgan fingerprint density at radius 3 is 2.60 bits per heavy atom. The van der Waals surface area contributed by atoms with E-state index in [1.807, 2.05) is 0 Å². The Morgan fingerprint density at radius 1 is 1.50 bits per heavy atom. The van der Waals surface area contributed by atoms with Crippen LogP contribution in [0, 0.1) is 12.3 Å². The van der Waals surface area contributed by atoms with Crippen LogP contribution in [0.4, 0.5) is 0 Å². The van der Waals surface area contributed by atoms with Crippen LogP contribution in [0.3, 0.4) is 0 Å². The molecule has 5 heteroatoms. The van der Waals surface area contributed by atoms with Crippen molar-refractivity contribution in [3.05, 3.63) is 12.3 Å². The zero-order valence-electron chi connectivity index (χ0n) is 5.69. The minimum absolute atomic E-state index is 0.444. The first-order valence-electron chi connectivity index (χ1n) is 3.19. The van der Waals surface area contributed by atoms with E-state index in [0.717, 1.165) is 25.9 Å². The first-order valence-corrected chi connectivity index (χ1v) is 3.19. The van der Waals surface area contributed by atoms with E-state index in [9.17, 15) is 5.21 Å². The molecule has 1 saturated heterocycles. The summed E-state index contributed by atoms with van der Waals surface area (Å²) in [5.74, 6) is 0. The van der Waals surface area contributed by atoms with Crippen LogP contribution in [0.25, 0.3) is 0 Å². The summed E-state index contributed by atoms with van der Waals surface area (Å²) in [4.78, 5) is 4.51. The van der Waals surface area contributed by atoms with E-state index in [1.54, 1.807) is 5.01 Å². The van der Waals surface area contributed by atoms with Crippen LogP contribution in [0.15, 0.2) is 5.28 Å². The maximum Gasteiger partial charge on any atom is 0.233 e. The molecule has 1 aliphatic heterocycles. The summed E-state index contributed by atoms with van der Waals surface area (Å²) < 4.78 is 0. The van der Waals surface area contributed by atoms with Crippen molar-refractivity contribution >= 4 is 0 Å². The lowest BCUT2D eigenvalue weighted by atomic mass is 10.4. The topological polar surface area (TPSA) is 50.9 Å². The number of nitrogens with zero attached hydrogens (tertiary/aromatic N) is 3. The standard InChI is InChI=1S/C5H10N3O2/c1-10-6-8(9)7-4-2-3-5-7/h1-5H2/b8-6-. The van der Waals surface area contributed by atoms with Crippen LogP contribution in [0.1, 0.15) is 12.8 Å². The summed E-state index contributed by atoms with van der Waals surface area (Å²) in [6.45, 7) is 1.52. The second-order valence-electron chi connectivity index (χ2n) is 2.12. The molecule has 1 rings (SSSR count). The molecule has 0 saturated carbocycles. The maximum absolute atomic E-state index is 10.8. The van der Waals surface area contributed by atoms with Crippen molar-refractivity contribution in [1.29, 1.82) is 0 Å². The van der Waals surface area contributed by atoms with Gasteiger partial charge in [-0.3, -0.25) is 0 Å². The first kappa shape index (κ1) is 7.11. The van der Waals surface area contributed by atoms with Crippen molar-refractivity contribution in [2.45, 2.75) is 12.8 Å². The van der Waals surface area contributed by atoms with E-state index in [4.69, 9.17) is 0 Å². The van der Waals surface area contributed by atoms with Gasteiger partial charge in [0, 0.05) is 0 Å². The lowest BCUT2D eigenvalue weighted by Crippen LogP contribution is -2.26. The molecule has 0 atom stereocenters. The highest BCUT2D eigenvalue weighted by Gasteiger charge is 2.17. The van der Waals surface area contributed by atoms with Gasteiger partial charge in [0.05, 0.1) is 18.1 Å². The summed E-state index contributed by atoms with van der Waals surface area (Å²) in [7, 11) is 2.96. The van der Waals surface area contributed by atoms with Gasteiger partial charge in [0.15, 0.2) is 7.11 Å². The summed E-state index contributed by atoms with van der Waals surface area (Å²) in [6, 6.07) is 0. The monoisotopic (exact) mass is 144 g/mol.